The number of fused-ring (bicyclic) bond motifs is 1. The van der Waals surface area contributed by atoms with Crippen molar-refractivity contribution < 1.29 is 18.3 Å². The number of likely N-dealkylation sites (tertiary alicyclic amines) is 1. The molecule has 2 rings (SSSR count). The molecule has 2 saturated heterocycles. The molecule has 2 aliphatic heterocycles. The van der Waals surface area contributed by atoms with Crippen molar-refractivity contribution in [3.63, 3.8) is 0 Å². The third kappa shape index (κ3) is 2.36. The van der Waals surface area contributed by atoms with Crippen molar-refractivity contribution >= 4 is 6.09 Å². The average Bonchev–Trinajstić information content (AvgIpc) is 2.66. The lowest BCUT2D eigenvalue weighted by atomic mass is 10.0. The van der Waals surface area contributed by atoms with E-state index in [9.17, 15) is 13.6 Å². The van der Waals surface area contributed by atoms with Crippen molar-refractivity contribution in [1.82, 2.24) is 10.2 Å². The fourth-order valence-corrected chi connectivity index (χ4v) is 2.41. The van der Waals surface area contributed by atoms with Crippen LogP contribution in [0, 0.1) is 5.92 Å². The van der Waals surface area contributed by atoms with E-state index in [1.165, 1.54) is 0 Å². The summed E-state index contributed by atoms with van der Waals surface area (Å²) in [4.78, 5) is 13.0. The molecule has 1 amide bonds. The van der Waals surface area contributed by atoms with Gasteiger partial charge in [0.2, 0.25) is 0 Å². The van der Waals surface area contributed by atoms with Crippen molar-refractivity contribution in [2.24, 2.45) is 5.92 Å². The quantitative estimate of drug-likeness (QED) is 0.705. The first-order valence-corrected chi connectivity index (χ1v) is 5.79. The summed E-state index contributed by atoms with van der Waals surface area (Å²) < 4.78 is 32.5. The third-order valence-corrected chi connectivity index (χ3v) is 3.13. The van der Waals surface area contributed by atoms with Crippen molar-refractivity contribution in [3.8, 4) is 0 Å². The average molecular weight is 248 g/mol. The summed E-state index contributed by atoms with van der Waals surface area (Å²) in [5, 5.41) is 2.90. The Hall–Kier alpha value is -0.910. The van der Waals surface area contributed by atoms with E-state index in [-0.39, 0.29) is 6.54 Å². The highest BCUT2D eigenvalue weighted by atomic mass is 19.3. The molecule has 1 N–H and O–H groups in total. The Balaban J connectivity index is 2.10. The molecule has 0 saturated carbocycles. The SMILES string of the molecule is CC(C)(C)OC(=O)N1CC(F)(F)[C@@H]2CNC[C@@H]21. The Labute approximate surface area is 99.3 Å². The Kier molecular flexibility index (Phi) is 2.80. The first-order valence-electron chi connectivity index (χ1n) is 5.79. The fraction of sp³-hybridized carbons (Fsp3) is 0.909. The lowest BCUT2D eigenvalue weighted by Crippen LogP contribution is -2.42. The molecule has 17 heavy (non-hydrogen) atoms. The number of alkyl halides is 2. The third-order valence-electron chi connectivity index (χ3n) is 3.13. The first-order chi connectivity index (χ1) is 7.71. The molecule has 2 fully saturated rings. The maximum atomic E-state index is 13.7. The summed E-state index contributed by atoms with van der Waals surface area (Å²) in [7, 11) is 0. The van der Waals surface area contributed by atoms with Gasteiger partial charge in [0.25, 0.3) is 5.92 Å². The van der Waals surface area contributed by atoms with Crippen LogP contribution in [-0.2, 0) is 4.74 Å². The van der Waals surface area contributed by atoms with Gasteiger partial charge in [-0.15, -0.1) is 0 Å². The molecular weight excluding hydrogens is 230 g/mol. The molecule has 4 nitrogen and oxygen atoms in total. The van der Waals surface area contributed by atoms with Crippen LogP contribution < -0.4 is 5.32 Å². The number of ether oxygens (including phenoxy) is 1. The van der Waals surface area contributed by atoms with Gasteiger partial charge < -0.3 is 10.1 Å². The molecular formula is C11H18F2N2O2. The molecule has 98 valence electrons. The lowest BCUT2D eigenvalue weighted by Gasteiger charge is -2.27. The number of rotatable bonds is 0. The van der Waals surface area contributed by atoms with Gasteiger partial charge in [-0.3, -0.25) is 4.90 Å². The molecule has 0 aromatic heterocycles. The van der Waals surface area contributed by atoms with E-state index in [2.05, 4.69) is 5.32 Å². The number of nitrogens with one attached hydrogen (secondary N) is 1. The van der Waals surface area contributed by atoms with Gasteiger partial charge in [-0.25, -0.2) is 13.6 Å². The maximum Gasteiger partial charge on any atom is 0.410 e. The number of carbonyl (C=O) groups is 1. The molecule has 2 aliphatic rings. The Morgan fingerprint density at radius 2 is 2.06 bits per heavy atom. The number of hydrogen-bond acceptors (Lipinski definition) is 3. The second-order valence-electron chi connectivity index (χ2n) is 5.70. The zero-order valence-corrected chi connectivity index (χ0v) is 10.3. The van der Waals surface area contributed by atoms with Crippen LogP contribution in [0.5, 0.6) is 0 Å². The molecule has 0 spiro atoms. The Bertz CT molecular complexity index is 328. The standard InChI is InChI=1S/C11H18F2N2O2/c1-10(2,3)17-9(16)15-6-11(12,13)7-4-14-5-8(7)15/h7-8,14H,4-6H2,1-3H3/t7-,8+/m1/s1. The lowest BCUT2D eigenvalue weighted by molar-refractivity contribution is -0.0274. The van der Waals surface area contributed by atoms with E-state index in [4.69, 9.17) is 4.74 Å². The van der Waals surface area contributed by atoms with Crippen LogP contribution in [0.2, 0.25) is 0 Å². The largest absolute Gasteiger partial charge is 0.444 e. The predicted octanol–water partition coefficient (Wildman–Crippen LogP) is 1.46. The van der Waals surface area contributed by atoms with Gasteiger partial charge >= 0.3 is 6.09 Å². The molecule has 0 aliphatic carbocycles. The van der Waals surface area contributed by atoms with Crippen molar-refractivity contribution in [3.05, 3.63) is 0 Å². The summed E-state index contributed by atoms with van der Waals surface area (Å²) in [5.74, 6) is -3.60. The summed E-state index contributed by atoms with van der Waals surface area (Å²) in [5.41, 5.74) is -0.656. The summed E-state index contributed by atoms with van der Waals surface area (Å²) in [6.07, 6.45) is -0.645. The molecule has 2 heterocycles. The first kappa shape index (κ1) is 12.5. The Morgan fingerprint density at radius 3 is 2.65 bits per heavy atom. The minimum Gasteiger partial charge on any atom is -0.444 e. The highest BCUT2D eigenvalue weighted by Gasteiger charge is 2.58. The van der Waals surface area contributed by atoms with E-state index in [0.29, 0.717) is 6.54 Å². The van der Waals surface area contributed by atoms with Gasteiger partial charge in [0, 0.05) is 13.1 Å². The van der Waals surface area contributed by atoms with Gasteiger partial charge in [0.05, 0.1) is 18.5 Å². The van der Waals surface area contributed by atoms with Crippen molar-refractivity contribution in [2.75, 3.05) is 19.6 Å². The predicted molar refractivity (Wildman–Crippen MR) is 58.0 cm³/mol. The van der Waals surface area contributed by atoms with Gasteiger partial charge in [-0.1, -0.05) is 0 Å². The smallest absolute Gasteiger partial charge is 0.410 e. The number of amides is 1. The van der Waals surface area contributed by atoms with Crippen LogP contribution in [0.25, 0.3) is 0 Å². The number of halogens is 2. The van der Waals surface area contributed by atoms with E-state index in [1.54, 1.807) is 20.8 Å². The van der Waals surface area contributed by atoms with Crippen molar-refractivity contribution in [2.45, 2.75) is 38.3 Å². The molecule has 2 atom stereocenters. The Morgan fingerprint density at radius 1 is 1.41 bits per heavy atom. The van der Waals surface area contributed by atoms with E-state index < -0.39 is 36.1 Å². The van der Waals surface area contributed by atoms with Crippen molar-refractivity contribution in [1.29, 1.82) is 0 Å². The van der Waals surface area contributed by atoms with Gasteiger partial charge in [0.1, 0.15) is 5.60 Å². The molecule has 0 bridgehead atoms. The minimum absolute atomic E-state index is 0.261. The minimum atomic E-state index is -2.81. The second kappa shape index (κ2) is 3.80. The zero-order valence-electron chi connectivity index (χ0n) is 10.3. The fourth-order valence-electron chi connectivity index (χ4n) is 2.41. The zero-order chi connectivity index (χ0) is 12.8. The van der Waals surface area contributed by atoms with E-state index in [0.717, 1.165) is 4.90 Å². The maximum absolute atomic E-state index is 13.7. The molecule has 0 radical (unpaired) electrons. The molecule has 0 aromatic rings. The highest BCUT2D eigenvalue weighted by Crippen LogP contribution is 2.40. The number of nitrogens with zero attached hydrogens (tertiary/aromatic N) is 1. The summed E-state index contributed by atoms with van der Waals surface area (Å²) >= 11 is 0. The van der Waals surface area contributed by atoms with Crippen LogP contribution in [0.3, 0.4) is 0 Å². The van der Waals surface area contributed by atoms with Crippen LogP contribution >= 0.6 is 0 Å². The van der Waals surface area contributed by atoms with E-state index in [1.807, 2.05) is 0 Å². The normalized spacial score (nSPS) is 31.5. The molecule has 0 aromatic carbocycles. The molecule has 6 heteroatoms. The number of carbonyl (C=O) groups excluding carboxylic acids is 1. The highest BCUT2D eigenvalue weighted by molar-refractivity contribution is 5.69. The van der Waals surface area contributed by atoms with Crippen LogP contribution in [0.15, 0.2) is 0 Å². The van der Waals surface area contributed by atoms with Crippen LogP contribution in [0.4, 0.5) is 13.6 Å². The van der Waals surface area contributed by atoms with Gasteiger partial charge in [-0.05, 0) is 20.8 Å². The number of hydrogen-bond donors (Lipinski definition) is 1. The van der Waals surface area contributed by atoms with Gasteiger partial charge in [-0.2, -0.15) is 0 Å². The van der Waals surface area contributed by atoms with E-state index >= 15 is 0 Å². The summed E-state index contributed by atoms with van der Waals surface area (Å²) in [6, 6.07) is -0.445. The summed E-state index contributed by atoms with van der Waals surface area (Å²) in [6.45, 7) is 5.33. The van der Waals surface area contributed by atoms with Crippen LogP contribution in [0.1, 0.15) is 20.8 Å². The van der Waals surface area contributed by atoms with Crippen LogP contribution in [-0.4, -0.2) is 48.2 Å². The topological polar surface area (TPSA) is 41.6 Å². The van der Waals surface area contributed by atoms with Gasteiger partial charge in [0.15, 0.2) is 0 Å². The monoisotopic (exact) mass is 248 g/mol. The molecule has 0 unspecified atom stereocenters. The second-order valence-corrected chi connectivity index (χ2v) is 5.70.